The van der Waals surface area contributed by atoms with Crippen molar-refractivity contribution in [3.63, 3.8) is 0 Å². The molecular weight excluding hydrogens is 353 g/mol. The smallest absolute Gasteiger partial charge is 0.354 e. The summed E-state index contributed by atoms with van der Waals surface area (Å²) in [4.78, 5) is 20.0. The first-order chi connectivity index (χ1) is 11.8. The van der Waals surface area contributed by atoms with Crippen molar-refractivity contribution >= 4 is 17.2 Å². The number of aromatic nitrogens is 2. The predicted molar refractivity (Wildman–Crippen MR) is 91.2 cm³/mol. The fraction of sp³-hybridized carbons (Fsp3) is 0.500. The zero-order chi connectivity index (χ0) is 18.0. The first-order valence-electron chi connectivity index (χ1n) is 8.00. The standard InChI is InChI=1S/C16H19F3N4OS/c1-12-11-25-15(24)23(12)9-6-21-4-7-22(8-5-21)14-3-2-13(10-20-14)16(17,18)19/h2-3,10-11H,4-9H2,1H3. The molecule has 0 atom stereocenters. The van der Waals surface area contributed by atoms with Crippen molar-refractivity contribution in [2.75, 3.05) is 37.6 Å². The Balaban J connectivity index is 1.52. The molecule has 1 aliphatic rings. The molecule has 3 heterocycles. The molecule has 25 heavy (non-hydrogen) atoms. The molecule has 0 spiro atoms. The van der Waals surface area contributed by atoms with E-state index in [0.717, 1.165) is 37.6 Å². The van der Waals surface area contributed by atoms with Crippen LogP contribution in [0.5, 0.6) is 0 Å². The second kappa shape index (κ2) is 7.17. The zero-order valence-electron chi connectivity index (χ0n) is 13.8. The molecule has 3 rings (SSSR count). The van der Waals surface area contributed by atoms with Gasteiger partial charge in [-0.3, -0.25) is 9.69 Å². The van der Waals surface area contributed by atoms with Gasteiger partial charge in [-0.2, -0.15) is 13.2 Å². The Labute approximate surface area is 147 Å². The van der Waals surface area contributed by atoms with E-state index in [4.69, 9.17) is 0 Å². The van der Waals surface area contributed by atoms with Gasteiger partial charge in [-0.15, -0.1) is 0 Å². The van der Waals surface area contributed by atoms with Crippen LogP contribution in [0, 0.1) is 6.92 Å². The molecule has 2 aromatic heterocycles. The van der Waals surface area contributed by atoms with Crippen LogP contribution in [0.4, 0.5) is 19.0 Å². The van der Waals surface area contributed by atoms with Gasteiger partial charge in [0.1, 0.15) is 5.82 Å². The second-order valence-electron chi connectivity index (χ2n) is 6.03. The largest absolute Gasteiger partial charge is 0.417 e. The van der Waals surface area contributed by atoms with Crippen molar-refractivity contribution in [1.82, 2.24) is 14.5 Å². The van der Waals surface area contributed by atoms with Gasteiger partial charge in [0.2, 0.25) is 0 Å². The van der Waals surface area contributed by atoms with Gasteiger partial charge in [0.05, 0.1) is 5.56 Å². The maximum atomic E-state index is 12.6. The molecule has 1 aliphatic heterocycles. The third kappa shape index (κ3) is 4.21. The number of alkyl halides is 3. The Morgan fingerprint density at radius 1 is 1.16 bits per heavy atom. The van der Waals surface area contributed by atoms with E-state index in [0.29, 0.717) is 25.5 Å². The molecule has 9 heteroatoms. The number of anilines is 1. The number of halogens is 3. The van der Waals surface area contributed by atoms with E-state index in [1.807, 2.05) is 17.2 Å². The topological polar surface area (TPSA) is 41.4 Å². The lowest BCUT2D eigenvalue weighted by molar-refractivity contribution is -0.137. The summed E-state index contributed by atoms with van der Waals surface area (Å²) in [6.45, 7) is 6.36. The highest BCUT2D eigenvalue weighted by Gasteiger charge is 2.31. The molecule has 0 aliphatic carbocycles. The normalized spacial score (nSPS) is 16.4. The summed E-state index contributed by atoms with van der Waals surface area (Å²) in [5, 5.41) is 1.86. The molecule has 1 saturated heterocycles. The van der Waals surface area contributed by atoms with Crippen LogP contribution in [-0.4, -0.2) is 47.2 Å². The van der Waals surface area contributed by atoms with Crippen LogP contribution < -0.4 is 9.77 Å². The minimum atomic E-state index is -4.36. The van der Waals surface area contributed by atoms with Crippen LogP contribution in [0.1, 0.15) is 11.3 Å². The molecule has 0 radical (unpaired) electrons. The summed E-state index contributed by atoms with van der Waals surface area (Å²) in [5.41, 5.74) is 0.244. The fourth-order valence-corrected chi connectivity index (χ4v) is 3.62. The van der Waals surface area contributed by atoms with Gasteiger partial charge in [-0.05, 0) is 19.1 Å². The summed E-state index contributed by atoms with van der Waals surface area (Å²) in [7, 11) is 0. The molecule has 0 unspecified atom stereocenters. The molecular formula is C16H19F3N4OS. The van der Waals surface area contributed by atoms with E-state index in [9.17, 15) is 18.0 Å². The third-order valence-corrected chi connectivity index (χ3v) is 5.27. The second-order valence-corrected chi connectivity index (χ2v) is 6.85. The number of piperazine rings is 1. The highest BCUT2D eigenvalue weighted by molar-refractivity contribution is 7.07. The highest BCUT2D eigenvalue weighted by Crippen LogP contribution is 2.29. The first-order valence-corrected chi connectivity index (χ1v) is 8.88. The Bertz CT molecular complexity index is 761. The van der Waals surface area contributed by atoms with Gasteiger partial charge < -0.3 is 9.47 Å². The quantitative estimate of drug-likeness (QED) is 0.827. The maximum Gasteiger partial charge on any atom is 0.417 e. The lowest BCUT2D eigenvalue weighted by Gasteiger charge is -2.35. The molecule has 0 bridgehead atoms. The van der Waals surface area contributed by atoms with Gasteiger partial charge in [0.15, 0.2) is 0 Å². The minimum absolute atomic E-state index is 0.0603. The Morgan fingerprint density at radius 2 is 1.88 bits per heavy atom. The number of thiazole rings is 1. The SMILES string of the molecule is Cc1csc(=O)n1CCN1CCN(c2ccc(C(F)(F)F)cn2)CC1. The van der Waals surface area contributed by atoms with Crippen molar-refractivity contribution in [3.8, 4) is 0 Å². The van der Waals surface area contributed by atoms with E-state index >= 15 is 0 Å². The Hall–Kier alpha value is -1.87. The first kappa shape index (κ1) is 17.9. The van der Waals surface area contributed by atoms with E-state index in [-0.39, 0.29) is 4.87 Å². The Morgan fingerprint density at radius 3 is 2.40 bits per heavy atom. The number of nitrogens with zero attached hydrogens (tertiary/aromatic N) is 4. The average Bonchev–Trinajstić information content (AvgIpc) is 2.91. The molecule has 0 aromatic carbocycles. The third-order valence-electron chi connectivity index (χ3n) is 4.39. The summed E-state index contributed by atoms with van der Waals surface area (Å²) in [6.07, 6.45) is -3.48. The summed E-state index contributed by atoms with van der Waals surface area (Å²) in [6, 6.07) is 2.49. The number of pyridine rings is 1. The fourth-order valence-electron chi connectivity index (χ4n) is 2.86. The van der Waals surface area contributed by atoms with Crippen molar-refractivity contribution in [2.24, 2.45) is 0 Å². The summed E-state index contributed by atoms with van der Waals surface area (Å²) < 4.78 is 39.5. The van der Waals surface area contributed by atoms with Crippen LogP contribution in [0.2, 0.25) is 0 Å². The number of aryl methyl sites for hydroxylation is 1. The van der Waals surface area contributed by atoms with Crippen LogP contribution >= 0.6 is 11.3 Å². The molecule has 136 valence electrons. The van der Waals surface area contributed by atoms with Gasteiger partial charge in [0.25, 0.3) is 0 Å². The molecule has 1 fully saturated rings. The van der Waals surface area contributed by atoms with E-state index in [1.165, 1.54) is 17.4 Å². The zero-order valence-corrected chi connectivity index (χ0v) is 14.6. The highest BCUT2D eigenvalue weighted by atomic mass is 32.1. The lowest BCUT2D eigenvalue weighted by Crippen LogP contribution is -2.47. The number of rotatable bonds is 4. The predicted octanol–water partition coefficient (Wildman–Crippen LogP) is 2.45. The Kier molecular flexibility index (Phi) is 5.14. The molecule has 0 saturated carbocycles. The maximum absolute atomic E-state index is 12.6. The minimum Gasteiger partial charge on any atom is -0.354 e. The summed E-state index contributed by atoms with van der Waals surface area (Å²) >= 11 is 1.21. The van der Waals surface area contributed by atoms with Crippen LogP contribution in [0.25, 0.3) is 0 Å². The van der Waals surface area contributed by atoms with Crippen molar-refractivity contribution in [3.05, 3.63) is 44.6 Å². The molecule has 0 N–H and O–H groups in total. The van der Waals surface area contributed by atoms with E-state index < -0.39 is 11.7 Å². The van der Waals surface area contributed by atoms with Crippen LogP contribution in [0.15, 0.2) is 28.5 Å². The van der Waals surface area contributed by atoms with Crippen molar-refractivity contribution < 1.29 is 13.2 Å². The van der Waals surface area contributed by atoms with Gasteiger partial charge >= 0.3 is 11.0 Å². The molecule has 5 nitrogen and oxygen atoms in total. The van der Waals surface area contributed by atoms with Crippen LogP contribution in [-0.2, 0) is 12.7 Å². The van der Waals surface area contributed by atoms with Gasteiger partial charge in [-0.1, -0.05) is 11.3 Å². The van der Waals surface area contributed by atoms with Crippen molar-refractivity contribution in [2.45, 2.75) is 19.6 Å². The number of hydrogen-bond donors (Lipinski definition) is 0. The van der Waals surface area contributed by atoms with E-state index in [2.05, 4.69) is 9.88 Å². The number of hydrogen-bond acceptors (Lipinski definition) is 5. The van der Waals surface area contributed by atoms with Crippen molar-refractivity contribution in [1.29, 1.82) is 0 Å². The monoisotopic (exact) mass is 372 g/mol. The summed E-state index contributed by atoms with van der Waals surface area (Å²) in [5.74, 6) is 0.567. The van der Waals surface area contributed by atoms with Gasteiger partial charge in [-0.25, -0.2) is 4.98 Å². The van der Waals surface area contributed by atoms with Gasteiger partial charge in [0, 0.05) is 56.5 Å². The molecule has 0 amide bonds. The lowest BCUT2D eigenvalue weighted by atomic mass is 10.2. The molecule has 2 aromatic rings. The van der Waals surface area contributed by atoms with Crippen LogP contribution in [0.3, 0.4) is 0 Å². The average molecular weight is 372 g/mol. The van der Waals surface area contributed by atoms with E-state index in [1.54, 1.807) is 4.57 Å².